The van der Waals surface area contributed by atoms with Gasteiger partial charge in [0.25, 0.3) is 11.5 Å². The Morgan fingerprint density at radius 1 is 0.971 bits per heavy atom. The van der Waals surface area contributed by atoms with Crippen LogP contribution >= 0.6 is 0 Å². The van der Waals surface area contributed by atoms with Gasteiger partial charge < -0.3 is 19.8 Å². The largest absolute Gasteiger partial charge is 0.454 e. The fourth-order valence-electron chi connectivity index (χ4n) is 4.65. The molecule has 0 aliphatic carbocycles. The summed E-state index contributed by atoms with van der Waals surface area (Å²) in [6, 6.07) is 19.6. The highest BCUT2D eigenvalue weighted by Crippen LogP contribution is 2.32. The normalized spacial score (nSPS) is 15.9. The first-order chi connectivity index (χ1) is 16.6. The molecule has 0 spiro atoms. The highest BCUT2D eigenvalue weighted by Gasteiger charge is 2.20. The lowest BCUT2D eigenvalue weighted by atomic mass is 9.90. The number of pyridine rings is 1. The summed E-state index contributed by atoms with van der Waals surface area (Å²) in [6.07, 6.45) is 3.43. The summed E-state index contributed by atoms with van der Waals surface area (Å²) in [4.78, 5) is 30.4. The van der Waals surface area contributed by atoms with Crippen LogP contribution in [0.2, 0.25) is 0 Å². The lowest BCUT2D eigenvalue weighted by molar-refractivity contribution is 0.0949. The van der Waals surface area contributed by atoms with Crippen LogP contribution in [-0.4, -0.2) is 35.7 Å². The molecule has 1 saturated heterocycles. The van der Waals surface area contributed by atoms with E-state index in [0.29, 0.717) is 30.5 Å². The fraction of sp³-hybridized carbons (Fsp3) is 0.333. The van der Waals surface area contributed by atoms with E-state index < -0.39 is 5.91 Å². The van der Waals surface area contributed by atoms with Crippen molar-refractivity contribution >= 4 is 5.91 Å². The maximum atomic E-state index is 12.6. The van der Waals surface area contributed by atoms with Gasteiger partial charge >= 0.3 is 0 Å². The third kappa shape index (κ3) is 5.31. The number of hydrogen-bond donors (Lipinski definition) is 2. The van der Waals surface area contributed by atoms with E-state index in [2.05, 4.69) is 45.5 Å². The predicted molar refractivity (Wildman–Crippen MR) is 129 cm³/mol. The number of fused-ring (bicyclic) bond motifs is 1. The zero-order chi connectivity index (χ0) is 23.3. The highest BCUT2D eigenvalue weighted by molar-refractivity contribution is 5.93. The summed E-state index contributed by atoms with van der Waals surface area (Å²) in [5.74, 6) is 1.67. The van der Waals surface area contributed by atoms with Crippen LogP contribution in [-0.2, 0) is 19.5 Å². The average molecular weight is 460 g/mol. The maximum Gasteiger partial charge on any atom is 0.261 e. The van der Waals surface area contributed by atoms with E-state index in [1.165, 1.54) is 5.56 Å². The number of aromatic nitrogens is 1. The Morgan fingerprint density at radius 3 is 2.56 bits per heavy atom. The summed E-state index contributed by atoms with van der Waals surface area (Å²) < 4.78 is 10.7. The van der Waals surface area contributed by atoms with E-state index in [1.807, 2.05) is 24.3 Å². The van der Waals surface area contributed by atoms with Crippen LogP contribution in [0.25, 0.3) is 0 Å². The summed E-state index contributed by atoms with van der Waals surface area (Å²) >= 11 is 0. The third-order valence-corrected chi connectivity index (χ3v) is 6.57. The van der Waals surface area contributed by atoms with Gasteiger partial charge in [0.15, 0.2) is 11.5 Å². The van der Waals surface area contributed by atoms with Crippen molar-refractivity contribution in [1.82, 2.24) is 15.2 Å². The molecule has 176 valence electrons. The molecule has 0 radical (unpaired) electrons. The van der Waals surface area contributed by atoms with Gasteiger partial charge in [0.05, 0.1) is 0 Å². The highest BCUT2D eigenvalue weighted by atomic mass is 16.7. The van der Waals surface area contributed by atoms with E-state index in [0.717, 1.165) is 43.6 Å². The van der Waals surface area contributed by atoms with Crippen molar-refractivity contribution in [2.75, 3.05) is 19.9 Å². The summed E-state index contributed by atoms with van der Waals surface area (Å²) in [5.41, 5.74) is 2.86. The molecule has 3 aromatic rings. The molecule has 2 aliphatic heterocycles. The molecule has 0 unspecified atom stereocenters. The monoisotopic (exact) mass is 459 g/mol. The zero-order valence-corrected chi connectivity index (χ0v) is 19.1. The van der Waals surface area contributed by atoms with Crippen LogP contribution in [0.4, 0.5) is 0 Å². The van der Waals surface area contributed by atoms with E-state index in [4.69, 9.17) is 9.47 Å². The molecule has 5 rings (SSSR count). The number of amides is 1. The van der Waals surface area contributed by atoms with Gasteiger partial charge in [0.2, 0.25) is 6.79 Å². The minimum atomic E-state index is -0.396. The number of piperidine rings is 1. The molecule has 3 heterocycles. The van der Waals surface area contributed by atoms with Gasteiger partial charge in [-0.3, -0.25) is 14.5 Å². The van der Waals surface area contributed by atoms with Crippen LogP contribution in [0.15, 0.2) is 65.5 Å². The van der Waals surface area contributed by atoms with Crippen molar-refractivity contribution in [3.05, 3.63) is 93.4 Å². The Labute approximate surface area is 198 Å². The minimum absolute atomic E-state index is 0.117. The van der Waals surface area contributed by atoms with E-state index in [9.17, 15) is 9.59 Å². The van der Waals surface area contributed by atoms with Gasteiger partial charge in [-0.2, -0.15) is 0 Å². The molecule has 0 atom stereocenters. The number of nitrogens with one attached hydrogen (secondary N) is 2. The maximum absolute atomic E-state index is 12.6. The van der Waals surface area contributed by atoms with Gasteiger partial charge in [0, 0.05) is 18.8 Å². The predicted octanol–water partition coefficient (Wildman–Crippen LogP) is 3.49. The number of aromatic amines is 1. The number of ether oxygens (including phenoxy) is 2. The average Bonchev–Trinajstić information content (AvgIpc) is 3.33. The van der Waals surface area contributed by atoms with Gasteiger partial charge in [-0.05, 0) is 73.7 Å². The van der Waals surface area contributed by atoms with Crippen molar-refractivity contribution < 1.29 is 14.3 Å². The SMILES string of the molecule is O=C(NCc1ccc2c(c1)OCO2)c1ccc(CN2CCC(Cc3ccccc3)CC2)[nH]c1=O. The summed E-state index contributed by atoms with van der Waals surface area (Å²) in [6.45, 7) is 3.22. The summed E-state index contributed by atoms with van der Waals surface area (Å²) in [7, 11) is 0. The first-order valence-electron chi connectivity index (χ1n) is 11.8. The molecule has 0 bridgehead atoms. The smallest absolute Gasteiger partial charge is 0.261 e. The van der Waals surface area contributed by atoms with Gasteiger partial charge in [0.1, 0.15) is 5.56 Å². The summed E-state index contributed by atoms with van der Waals surface area (Å²) in [5, 5.41) is 2.81. The lowest BCUT2D eigenvalue weighted by Crippen LogP contribution is -2.35. The Hall–Kier alpha value is -3.58. The molecule has 7 nitrogen and oxygen atoms in total. The molecule has 1 aromatic heterocycles. The quantitative estimate of drug-likeness (QED) is 0.565. The van der Waals surface area contributed by atoms with Crippen LogP contribution in [0.3, 0.4) is 0 Å². The Balaban J connectivity index is 1.12. The first-order valence-corrected chi connectivity index (χ1v) is 11.8. The van der Waals surface area contributed by atoms with Crippen molar-refractivity contribution in [3.8, 4) is 11.5 Å². The number of carbonyl (C=O) groups is 1. The first kappa shape index (κ1) is 22.2. The molecular weight excluding hydrogens is 430 g/mol. The number of nitrogens with zero attached hydrogens (tertiary/aromatic N) is 1. The van der Waals surface area contributed by atoms with Crippen molar-refractivity contribution in [1.29, 1.82) is 0 Å². The molecule has 2 N–H and O–H groups in total. The number of carbonyl (C=O) groups excluding carboxylic acids is 1. The van der Waals surface area contributed by atoms with Crippen molar-refractivity contribution in [2.45, 2.75) is 32.4 Å². The molecule has 2 aromatic carbocycles. The minimum Gasteiger partial charge on any atom is -0.454 e. The van der Waals surface area contributed by atoms with Crippen LogP contribution in [0, 0.1) is 5.92 Å². The second-order valence-corrected chi connectivity index (χ2v) is 9.01. The standard InChI is InChI=1S/C27H29N3O4/c31-26(28-16-21-6-9-24-25(15-21)34-18-33-24)23-8-7-22(29-27(23)32)17-30-12-10-20(11-13-30)14-19-4-2-1-3-5-19/h1-9,15,20H,10-14,16-18H2,(H,28,31)(H,29,32). The molecule has 0 saturated carbocycles. The van der Waals surface area contributed by atoms with Crippen LogP contribution in [0.1, 0.15) is 40.0 Å². The van der Waals surface area contributed by atoms with Gasteiger partial charge in [-0.25, -0.2) is 0 Å². The zero-order valence-electron chi connectivity index (χ0n) is 19.1. The number of H-pyrrole nitrogens is 1. The molecule has 34 heavy (non-hydrogen) atoms. The lowest BCUT2D eigenvalue weighted by Gasteiger charge is -2.32. The van der Waals surface area contributed by atoms with Gasteiger partial charge in [-0.1, -0.05) is 36.4 Å². The van der Waals surface area contributed by atoms with Crippen LogP contribution in [0.5, 0.6) is 11.5 Å². The molecule has 2 aliphatic rings. The van der Waals surface area contributed by atoms with Gasteiger partial charge in [-0.15, -0.1) is 0 Å². The van der Waals surface area contributed by atoms with Crippen molar-refractivity contribution in [2.24, 2.45) is 5.92 Å². The topological polar surface area (TPSA) is 83.7 Å². The Morgan fingerprint density at radius 2 is 1.76 bits per heavy atom. The van der Waals surface area contributed by atoms with E-state index in [1.54, 1.807) is 6.07 Å². The number of hydrogen-bond acceptors (Lipinski definition) is 5. The number of rotatable bonds is 7. The van der Waals surface area contributed by atoms with Crippen molar-refractivity contribution in [3.63, 3.8) is 0 Å². The Kier molecular flexibility index (Phi) is 6.62. The van der Waals surface area contributed by atoms with Crippen LogP contribution < -0.4 is 20.3 Å². The molecular formula is C27H29N3O4. The number of benzene rings is 2. The molecule has 7 heteroatoms. The Bertz CT molecular complexity index is 1200. The molecule has 1 amide bonds. The molecule has 1 fully saturated rings. The second kappa shape index (κ2) is 10.1. The van der Waals surface area contributed by atoms with E-state index in [-0.39, 0.29) is 17.9 Å². The van der Waals surface area contributed by atoms with E-state index >= 15 is 0 Å². The third-order valence-electron chi connectivity index (χ3n) is 6.57. The number of likely N-dealkylation sites (tertiary alicyclic amines) is 1. The second-order valence-electron chi connectivity index (χ2n) is 9.01. The fourth-order valence-corrected chi connectivity index (χ4v) is 4.65.